The van der Waals surface area contributed by atoms with Gasteiger partial charge in [-0.1, -0.05) is 26.7 Å². The molecule has 1 aromatic carbocycles. The molecule has 3 N–H and O–H groups in total. The molecule has 0 atom stereocenters. The van der Waals surface area contributed by atoms with Crippen LogP contribution < -0.4 is 11.1 Å². The Balaban J connectivity index is 2.02. The van der Waals surface area contributed by atoms with Crippen molar-refractivity contribution in [1.29, 1.82) is 0 Å². The van der Waals surface area contributed by atoms with Gasteiger partial charge >= 0.3 is 0 Å². The molecule has 0 saturated heterocycles. The smallest absolute Gasteiger partial charge is 0.148 e. The van der Waals surface area contributed by atoms with Gasteiger partial charge in [0.25, 0.3) is 0 Å². The molecule has 0 aromatic heterocycles. The van der Waals surface area contributed by atoms with E-state index in [9.17, 15) is 4.39 Å². The third-order valence-corrected chi connectivity index (χ3v) is 4.15. The van der Waals surface area contributed by atoms with E-state index < -0.39 is 0 Å². The van der Waals surface area contributed by atoms with Crippen LogP contribution in [-0.4, -0.2) is 6.54 Å². The van der Waals surface area contributed by atoms with Crippen molar-refractivity contribution in [2.45, 2.75) is 46.0 Å². The molecule has 1 aromatic rings. The zero-order valence-electron chi connectivity index (χ0n) is 12.0. The number of hydrogen-bond acceptors (Lipinski definition) is 2. The molecule has 0 unspecified atom stereocenters. The van der Waals surface area contributed by atoms with E-state index in [-0.39, 0.29) is 5.82 Å². The molecular weight excluding hydrogens is 239 g/mol. The van der Waals surface area contributed by atoms with Gasteiger partial charge in [0.2, 0.25) is 0 Å². The fourth-order valence-corrected chi connectivity index (χ4v) is 3.40. The largest absolute Gasteiger partial charge is 0.399 e. The lowest BCUT2D eigenvalue weighted by Gasteiger charge is -2.31. The number of halogens is 1. The Morgan fingerprint density at radius 3 is 2.58 bits per heavy atom. The molecule has 0 bridgehead atoms. The van der Waals surface area contributed by atoms with Crippen molar-refractivity contribution in [3.63, 3.8) is 0 Å². The van der Waals surface area contributed by atoms with Crippen molar-refractivity contribution in [2.24, 2.45) is 11.3 Å². The fourth-order valence-electron chi connectivity index (χ4n) is 3.40. The summed E-state index contributed by atoms with van der Waals surface area (Å²) in [6.45, 7) is 5.40. The van der Waals surface area contributed by atoms with Crippen molar-refractivity contribution in [3.05, 3.63) is 24.0 Å². The van der Waals surface area contributed by atoms with E-state index in [1.807, 2.05) is 0 Å². The third-order valence-electron chi connectivity index (χ3n) is 4.15. The van der Waals surface area contributed by atoms with Crippen LogP contribution in [0.4, 0.5) is 15.8 Å². The highest BCUT2D eigenvalue weighted by Gasteiger charge is 2.34. The van der Waals surface area contributed by atoms with Crippen molar-refractivity contribution in [1.82, 2.24) is 0 Å². The summed E-state index contributed by atoms with van der Waals surface area (Å²) in [5.41, 5.74) is 6.97. The van der Waals surface area contributed by atoms with E-state index >= 15 is 0 Å². The minimum Gasteiger partial charge on any atom is -0.399 e. The maximum Gasteiger partial charge on any atom is 0.148 e. The van der Waals surface area contributed by atoms with E-state index in [1.54, 1.807) is 12.1 Å². The monoisotopic (exact) mass is 264 g/mol. The molecule has 1 fully saturated rings. The average molecular weight is 264 g/mol. The molecule has 1 aliphatic carbocycles. The first-order valence-corrected chi connectivity index (χ1v) is 7.30. The van der Waals surface area contributed by atoms with Gasteiger partial charge in [0, 0.05) is 12.2 Å². The van der Waals surface area contributed by atoms with E-state index in [0.29, 0.717) is 22.7 Å². The van der Waals surface area contributed by atoms with Crippen molar-refractivity contribution in [2.75, 3.05) is 17.6 Å². The van der Waals surface area contributed by atoms with E-state index in [4.69, 9.17) is 5.73 Å². The van der Waals surface area contributed by atoms with Gasteiger partial charge in [-0.3, -0.25) is 0 Å². The van der Waals surface area contributed by atoms with Crippen LogP contribution in [0, 0.1) is 17.2 Å². The highest BCUT2D eigenvalue weighted by Crippen LogP contribution is 2.43. The highest BCUT2D eigenvalue weighted by atomic mass is 19.1. The first-order chi connectivity index (χ1) is 9.01. The molecule has 2 rings (SSSR count). The van der Waals surface area contributed by atoms with Crippen LogP contribution in [0.5, 0.6) is 0 Å². The average Bonchev–Trinajstić information content (AvgIpc) is 2.76. The Hall–Kier alpha value is -1.25. The Kier molecular flexibility index (Phi) is 4.33. The molecule has 0 amide bonds. The van der Waals surface area contributed by atoms with Crippen molar-refractivity contribution >= 4 is 11.4 Å². The second-order valence-electron chi connectivity index (χ2n) is 6.40. The third kappa shape index (κ3) is 3.62. The van der Waals surface area contributed by atoms with Gasteiger partial charge in [-0.05, 0) is 48.8 Å². The van der Waals surface area contributed by atoms with Crippen LogP contribution in [0.2, 0.25) is 0 Å². The number of anilines is 2. The topological polar surface area (TPSA) is 38.0 Å². The van der Waals surface area contributed by atoms with E-state index in [2.05, 4.69) is 19.2 Å². The lowest BCUT2D eigenvalue weighted by atomic mass is 9.78. The molecular formula is C16H25FN2. The quantitative estimate of drug-likeness (QED) is 0.772. The molecule has 106 valence electrons. The molecule has 1 saturated carbocycles. The predicted molar refractivity (Wildman–Crippen MR) is 79.7 cm³/mol. The second-order valence-corrected chi connectivity index (χ2v) is 6.40. The summed E-state index contributed by atoms with van der Waals surface area (Å²) in [4.78, 5) is 0. The summed E-state index contributed by atoms with van der Waals surface area (Å²) in [6, 6.07) is 4.87. The molecule has 0 radical (unpaired) electrons. The molecule has 3 heteroatoms. The predicted octanol–water partition coefficient (Wildman–Crippen LogP) is 4.43. The van der Waals surface area contributed by atoms with Crippen LogP contribution >= 0.6 is 0 Å². The Bertz CT molecular complexity index is 423. The molecule has 0 aliphatic heterocycles. The molecule has 0 spiro atoms. The van der Waals surface area contributed by atoms with Crippen LogP contribution in [0.3, 0.4) is 0 Å². The lowest BCUT2D eigenvalue weighted by molar-refractivity contribution is 0.252. The Labute approximate surface area is 115 Å². The van der Waals surface area contributed by atoms with Crippen molar-refractivity contribution < 1.29 is 4.39 Å². The molecule has 19 heavy (non-hydrogen) atoms. The van der Waals surface area contributed by atoms with Gasteiger partial charge < -0.3 is 11.1 Å². The van der Waals surface area contributed by atoms with E-state index in [0.717, 1.165) is 6.54 Å². The Morgan fingerprint density at radius 2 is 2.00 bits per heavy atom. The first-order valence-electron chi connectivity index (χ1n) is 7.30. The summed E-state index contributed by atoms with van der Waals surface area (Å²) in [5.74, 6) is 0.439. The molecule has 0 heterocycles. The molecule has 2 nitrogen and oxygen atoms in total. The zero-order valence-corrected chi connectivity index (χ0v) is 12.0. The zero-order chi connectivity index (χ0) is 13.9. The van der Waals surface area contributed by atoms with Crippen LogP contribution in [-0.2, 0) is 0 Å². The van der Waals surface area contributed by atoms with E-state index in [1.165, 1.54) is 38.2 Å². The van der Waals surface area contributed by atoms with Gasteiger partial charge in [0.05, 0.1) is 5.69 Å². The minimum absolute atomic E-state index is 0.252. The maximum atomic E-state index is 13.8. The first kappa shape index (κ1) is 14.2. The van der Waals surface area contributed by atoms with Gasteiger partial charge in [-0.2, -0.15) is 0 Å². The number of nitrogens with two attached hydrogens (primary N) is 1. The fraction of sp³-hybridized carbons (Fsp3) is 0.625. The highest BCUT2D eigenvalue weighted by molar-refractivity contribution is 5.52. The van der Waals surface area contributed by atoms with Gasteiger partial charge in [-0.15, -0.1) is 0 Å². The summed E-state index contributed by atoms with van der Waals surface area (Å²) in [6.07, 6.45) is 6.34. The van der Waals surface area contributed by atoms with Gasteiger partial charge in [-0.25, -0.2) is 4.39 Å². The van der Waals surface area contributed by atoms with Crippen LogP contribution in [0.1, 0.15) is 46.0 Å². The standard InChI is InChI=1S/C16H25FN2/c1-12(2)10-16(7-3-4-8-16)11-19-15-6-5-13(18)9-14(15)17/h5-6,9,12,19H,3-4,7-8,10-11,18H2,1-2H3. The lowest BCUT2D eigenvalue weighted by Crippen LogP contribution is -2.28. The minimum atomic E-state index is -0.252. The SMILES string of the molecule is CC(C)CC1(CNc2ccc(N)cc2F)CCCC1. The van der Waals surface area contributed by atoms with Gasteiger partial charge in [0.1, 0.15) is 5.82 Å². The number of benzene rings is 1. The summed E-state index contributed by atoms with van der Waals surface area (Å²) < 4.78 is 13.8. The van der Waals surface area contributed by atoms with Crippen molar-refractivity contribution in [3.8, 4) is 0 Å². The van der Waals surface area contributed by atoms with Crippen LogP contribution in [0.15, 0.2) is 18.2 Å². The molecule has 1 aliphatic rings. The number of hydrogen-bond donors (Lipinski definition) is 2. The summed E-state index contributed by atoms with van der Waals surface area (Å²) >= 11 is 0. The van der Waals surface area contributed by atoms with Gasteiger partial charge in [0.15, 0.2) is 0 Å². The van der Waals surface area contributed by atoms with Crippen LogP contribution in [0.25, 0.3) is 0 Å². The summed E-state index contributed by atoms with van der Waals surface area (Å²) in [7, 11) is 0. The number of rotatable bonds is 5. The second kappa shape index (κ2) is 5.81. The normalized spacial score (nSPS) is 17.9. The number of nitrogen functional groups attached to an aromatic ring is 1. The number of nitrogens with one attached hydrogen (secondary N) is 1. The Morgan fingerprint density at radius 1 is 1.32 bits per heavy atom. The summed E-state index contributed by atoms with van der Waals surface area (Å²) in [5, 5.41) is 3.30. The maximum absolute atomic E-state index is 13.8.